The minimum Gasteiger partial charge on any atom is -0.342 e. The van der Waals surface area contributed by atoms with Crippen LogP contribution < -0.4 is 0 Å². The van der Waals surface area contributed by atoms with Crippen LogP contribution in [0.15, 0.2) is 6.33 Å². The molecule has 8 heteroatoms. The predicted octanol–water partition coefficient (Wildman–Crippen LogP) is 0.505. The summed E-state index contributed by atoms with van der Waals surface area (Å²) in [5, 5.41) is 7.82. The number of halogens is 2. The fourth-order valence-corrected chi connectivity index (χ4v) is 2.82. The first-order chi connectivity index (χ1) is 9.94. The number of alkyl halides is 2. The number of piperidine rings is 1. The molecule has 0 radical (unpaired) electrons. The lowest BCUT2D eigenvalue weighted by molar-refractivity contribution is -0.147. The van der Waals surface area contributed by atoms with E-state index >= 15 is 0 Å². The Morgan fingerprint density at radius 2 is 2.05 bits per heavy atom. The Bertz CT molecular complexity index is 516. The van der Waals surface area contributed by atoms with E-state index in [2.05, 4.69) is 15.1 Å². The molecule has 0 aromatic carbocycles. The Balaban J connectivity index is 1.46. The second-order valence-electron chi connectivity index (χ2n) is 5.93. The molecule has 21 heavy (non-hydrogen) atoms. The number of rotatable bonds is 3. The molecule has 1 aromatic heterocycles. The lowest BCUT2D eigenvalue weighted by atomic mass is 9.96. The van der Waals surface area contributed by atoms with Crippen LogP contribution in [0.1, 0.15) is 18.7 Å². The minimum atomic E-state index is -2.60. The molecule has 3 rings (SSSR count). The zero-order valence-electron chi connectivity index (χ0n) is 12.0. The molecule has 1 aromatic rings. The van der Waals surface area contributed by atoms with Gasteiger partial charge in [-0.15, -0.1) is 10.2 Å². The number of nitrogens with zero attached hydrogens (tertiary/aromatic N) is 5. The monoisotopic (exact) mass is 299 g/mol. The molecule has 0 bridgehead atoms. The molecule has 0 saturated carbocycles. The van der Waals surface area contributed by atoms with Gasteiger partial charge in [0.05, 0.1) is 12.5 Å². The summed E-state index contributed by atoms with van der Waals surface area (Å²) in [6.07, 6.45) is 1.22. The fourth-order valence-electron chi connectivity index (χ4n) is 2.82. The van der Waals surface area contributed by atoms with Crippen molar-refractivity contribution in [2.45, 2.75) is 25.3 Å². The van der Waals surface area contributed by atoms with Gasteiger partial charge in [-0.3, -0.25) is 9.69 Å². The summed E-state index contributed by atoms with van der Waals surface area (Å²) in [6.45, 7) is 2.34. The van der Waals surface area contributed by atoms with Crippen LogP contribution in [-0.4, -0.2) is 62.6 Å². The van der Waals surface area contributed by atoms with Crippen molar-refractivity contribution < 1.29 is 13.6 Å². The number of amides is 1. The Kier molecular flexibility index (Phi) is 3.64. The molecule has 0 N–H and O–H groups in total. The normalized spacial score (nSPS) is 23.1. The third-order valence-corrected chi connectivity index (χ3v) is 4.28. The van der Waals surface area contributed by atoms with E-state index in [4.69, 9.17) is 0 Å². The first kappa shape index (κ1) is 14.4. The molecule has 0 spiro atoms. The van der Waals surface area contributed by atoms with Gasteiger partial charge in [0.2, 0.25) is 5.91 Å². The van der Waals surface area contributed by atoms with Crippen molar-refractivity contribution in [3.63, 3.8) is 0 Å². The van der Waals surface area contributed by atoms with Crippen molar-refractivity contribution in [2.24, 2.45) is 13.0 Å². The Labute approximate surface area is 121 Å². The molecule has 2 aliphatic heterocycles. The van der Waals surface area contributed by atoms with Gasteiger partial charge in [0.1, 0.15) is 12.2 Å². The van der Waals surface area contributed by atoms with Crippen molar-refractivity contribution in [3.8, 4) is 0 Å². The number of carbonyl (C=O) groups is 1. The van der Waals surface area contributed by atoms with Crippen LogP contribution in [0, 0.1) is 5.92 Å². The summed E-state index contributed by atoms with van der Waals surface area (Å²) >= 11 is 0. The minimum absolute atomic E-state index is 0.0136. The van der Waals surface area contributed by atoms with Crippen molar-refractivity contribution in [3.05, 3.63) is 12.2 Å². The Morgan fingerprint density at radius 1 is 1.38 bits per heavy atom. The first-order valence-electron chi connectivity index (χ1n) is 7.16. The molecule has 0 aliphatic carbocycles. The van der Waals surface area contributed by atoms with Gasteiger partial charge >= 0.3 is 0 Å². The smallest absolute Gasteiger partial charge is 0.251 e. The highest BCUT2D eigenvalue weighted by Gasteiger charge is 2.40. The number of likely N-dealkylation sites (tertiary alicyclic amines) is 2. The van der Waals surface area contributed by atoms with E-state index in [-0.39, 0.29) is 37.8 Å². The number of hydrogen-bond acceptors (Lipinski definition) is 4. The quantitative estimate of drug-likeness (QED) is 0.816. The van der Waals surface area contributed by atoms with E-state index in [9.17, 15) is 13.6 Å². The number of aryl methyl sites for hydroxylation is 1. The molecule has 1 amide bonds. The third kappa shape index (κ3) is 3.04. The summed E-state index contributed by atoms with van der Waals surface area (Å²) in [4.78, 5) is 15.9. The maximum atomic E-state index is 13.1. The van der Waals surface area contributed by atoms with E-state index in [1.165, 1.54) is 0 Å². The second-order valence-corrected chi connectivity index (χ2v) is 5.93. The fraction of sp³-hybridized carbons (Fsp3) is 0.769. The van der Waals surface area contributed by atoms with Crippen LogP contribution in [-0.2, 0) is 18.4 Å². The van der Waals surface area contributed by atoms with Crippen LogP contribution in [0.3, 0.4) is 0 Å². The molecule has 2 fully saturated rings. The maximum Gasteiger partial charge on any atom is 0.251 e. The highest BCUT2D eigenvalue weighted by atomic mass is 19.3. The van der Waals surface area contributed by atoms with E-state index < -0.39 is 5.92 Å². The standard InChI is InChI=1S/C13H19F2N5O/c1-18-9-16-17-11(18)8-19-6-10(7-19)12(21)20-4-2-13(14,15)3-5-20/h9-10H,2-8H2,1H3. The van der Waals surface area contributed by atoms with Crippen LogP contribution in [0.2, 0.25) is 0 Å². The predicted molar refractivity (Wildman–Crippen MR) is 70.5 cm³/mol. The molecule has 6 nitrogen and oxygen atoms in total. The highest BCUT2D eigenvalue weighted by molar-refractivity contribution is 5.80. The van der Waals surface area contributed by atoms with Gasteiger partial charge in [0.25, 0.3) is 5.92 Å². The summed E-state index contributed by atoms with van der Waals surface area (Å²) in [5.74, 6) is -1.80. The molecule has 2 saturated heterocycles. The Hall–Kier alpha value is -1.57. The van der Waals surface area contributed by atoms with Gasteiger partial charge in [0, 0.05) is 46.1 Å². The van der Waals surface area contributed by atoms with Crippen molar-refractivity contribution >= 4 is 5.91 Å². The zero-order valence-corrected chi connectivity index (χ0v) is 12.0. The molecule has 116 valence electrons. The number of carbonyl (C=O) groups excluding carboxylic acids is 1. The number of hydrogen-bond donors (Lipinski definition) is 0. The largest absolute Gasteiger partial charge is 0.342 e. The second kappa shape index (κ2) is 5.32. The first-order valence-corrected chi connectivity index (χ1v) is 7.16. The van der Waals surface area contributed by atoms with Crippen LogP contribution in [0.5, 0.6) is 0 Å². The highest BCUT2D eigenvalue weighted by Crippen LogP contribution is 2.29. The van der Waals surface area contributed by atoms with Gasteiger partial charge < -0.3 is 9.47 Å². The van der Waals surface area contributed by atoms with E-state index in [1.807, 2.05) is 11.6 Å². The van der Waals surface area contributed by atoms with Gasteiger partial charge in [-0.1, -0.05) is 0 Å². The van der Waals surface area contributed by atoms with Crippen LogP contribution >= 0.6 is 0 Å². The van der Waals surface area contributed by atoms with Crippen molar-refractivity contribution in [2.75, 3.05) is 26.2 Å². The average Bonchev–Trinajstić information content (AvgIpc) is 2.78. The van der Waals surface area contributed by atoms with Gasteiger partial charge in [-0.05, 0) is 0 Å². The van der Waals surface area contributed by atoms with Gasteiger partial charge in [-0.2, -0.15) is 0 Å². The molecule has 3 heterocycles. The van der Waals surface area contributed by atoms with Crippen LogP contribution in [0.25, 0.3) is 0 Å². The van der Waals surface area contributed by atoms with E-state index in [0.717, 1.165) is 5.82 Å². The van der Waals surface area contributed by atoms with Crippen molar-refractivity contribution in [1.29, 1.82) is 0 Å². The summed E-state index contributed by atoms with van der Waals surface area (Å²) in [6, 6.07) is 0. The molecular formula is C13H19F2N5O. The topological polar surface area (TPSA) is 54.3 Å². The SMILES string of the molecule is Cn1cnnc1CN1CC(C(=O)N2CCC(F)(F)CC2)C1. The molecule has 0 atom stereocenters. The average molecular weight is 299 g/mol. The summed E-state index contributed by atoms with van der Waals surface area (Å²) in [7, 11) is 1.88. The van der Waals surface area contributed by atoms with Crippen molar-refractivity contribution in [1.82, 2.24) is 24.6 Å². The Morgan fingerprint density at radius 3 is 2.62 bits per heavy atom. The lowest BCUT2D eigenvalue weighted by Crippen LogP contribution is -2.56. The summed E-state index contributed by atoms with van der Waals surface area (Å²) < 4.78 is 28.0. The van der Waals surface area contributed by atoms with Crippen LogP contribution in [0.4, 0.5) is 8.78 Å². The molecular weight excluding hydrogens is 280 g/mol. The summed E-state index contributed by atoms with van der Waals surface area (Å²) in [5.41, 5.74) is 0. The van der Waals surface area contributed by atoms with E-state index in [0.29, 0.717) is 19.6 Å². The third-order valence-electron chi connectivity index (χ3n) is 4.28. The maximum absolute atomic E-state index is 13.1. The zero-order chi connectivity index (χ0) is 15.0. The van der Waals surface area contributed by atoms with Gasteiger partial charge in [0.15, 0.2) is 0 Å². The van der Waals surface area contributed by atoms with E-state index in [1.54, 1.807) is 11.2 Å². The van der Waals surface area contributed by atoms with Gasteiger partial charge in [-0.25, -0.2) is 8.78 Å². The molecule has 0 unspecified atom stereocenters. The number of aromatic nitrogens is 3. The lowest BCUT2D eigenvalue weighted by Gasteiger charge is -2.41. The molecule has 2 aliphatic rings.